The van der Waals surface area contributed by atoms with Crippen LogP contribution in [0.1, 0.15) is 65.7 Å². The monoisotopic (exact) mass is 427 g/mol. The second kappa shape index (κ2) is 8.56. The van der Waals surface area contributed by atoms with Crippen molar-refractivity contribution in [1.29, 1.82) is 0 Å². The minimum absolute atomic E-state index is 0.0633. The van der Waals surface area contributed by atoms with E-state index < -0.39 is 0 Å². The molecule has 0 saturated carbocycles. The van der Waals surface area contributed by atoms with Crippen LogP contribution in [-0.2, 0) is 0 Å². The van der Waals surface area contributed by atoms with Gasteiger partial charge in [-0.25, -0.2) is 4.98 Å². The number of hydrogen-bond acceptors (Lipinski definition) is 4. The number of nitrogens with zero attached hydrogens (tertiary/aromatic N) is 2. The molecule has 160 valence electrons. The van der Waals surface area contributed by atoms with Crippen molar-refractivity contribution in [3.8, 4) is 5.75 Å². The highest BCUT2D eigenvalue weighted by Gasteiger charge is 2.43. The Bertz CT molecular complexity index is 917. The molecule has 5 nitrogen and oxygen atoms in total. The van der Waals surface area contributed by atoms with Gasteiger partial charge in [0.1, 0.15) is 10.9 Å². The number of rotatable bonds is 5. The summed E-state index contributed by atoms with van der Waals surface area (Å²) in [6.07, 6.45) is 5.90. The highest BCUT2D eigenvalue weighted by atomic mass is 35.5. The molecule has 4 rings (SSSR count). The molecule has 2 aromatic rings. The number of methoxy groups -OCH3 is 1. The highest BCUT2D eigenvalue weighted by Crippen LogP contribution is 2.43. The number of benzene rings is 1. The molecule has 2 bridgehead atoms. The molecular formula is C24H30ClN3O2. The Kier molecular flexibility index (Phi) is 6.03. The van der Waals surface area contributed by atoms with Crippen LogP contribution in [0.15, 0.2) is 30.5 Å². The third-order valence-electron chi connectivity index (χ3n) is 7.01. The predicted octanol–water partition coefficient (Wildman–Crippen LogP) is 4.85. The zero-order chi connectivity index (χ0) is 21.4. The second-order valence-electron chi connectivity index (χ2n) is 8.63. The molecule has 1 aromatic carbocycles. The Balaban J connectivity index is 1.46. The zero-order valence-corrected chi connectivity index (χ0v) is 18.9. The molecule has 1 aromatic heterocycles. The van der Waals surface area contributed by atoms with E-state index in [1.807, 2.05) is 0 Å². The van der Waals surface area contributed by atoms with Crippen LogP contribution in [0.2, 0.25) is 5.15 Å². The molecule has 2 aliphatic heterocycles. The van der Waals surface area contributed by atoms with Gasteiger partial charge in [0.15, 0.2) is 0 Å². The van der Waals surface area contributed by atoms with Gasteiger partial charge in [0.25, 0.3) is 5.91 Å². The molecule has 3 unspecified atom stereocenters. The van der Waals surface area contributed by atoms with Crippen molar-refractivity contribution in [2.75, 3.05) is 7.11 Å². The Morgan fingerprint density at radius 1 is 1.17 bits per heavy atom. The maximum atomic E-state index is 12.6. The lowest BCUT2D eigenvalue weighted by Gasteiger charge is -2.43. The van der Waals surface area contributed by atoms with Crippen molar-refractivity contribution >= 4 is 17.5 Å². The van der Waals surface area contributed by atoms with Crippen molar-refractivity contribution in [2.24, 2.45) is 0 Å². The third kappa shape index (κ3) is 3.93. The van der Waals surface area contributed by atoms with Crippen molar-refractivity contribution in [2.45, 2.75) is 70.6 Å². The summed E-state index contributed by atoms with van der Waals surface area (Å²) in [7, 11) is 1.73. The molecule has 2 saturated heterocycles. The van der Waals surface area contributed by atoms with Crippen molar-refractivity contribution in [3.05, 3.63) is 57.9 Å². The van der Waals surface area contributed by atoms with Gasteiger partial charge in [-0.15, -0.1) is 0 Å². The van der Waals surface area contributed by atoms with Crippen LogP contribution in [0.25, 0.3) is 0 Å². The predicted molar refractivity (Wildman–Crippen MR) is 119 cm³/mol. The van der Waals surface area contributed by atoms with E-state index in [1.54, 1.807) is 19.2 Å². The number of ether oxygens (including phenoxy) is 1. The van der Waals surface area contributed by atoms with Crippen LogP contribution in [0, 0.1) is 13.8 Å². The summed E-state index contributed by atoms with van der Waals surface area (Å²) in [6, 6.07) is 9.23. The van der Waals surface area contributed by atoms with Crippen LogP contribution in [0.4, 0.5) is 0 Å². The second-order valence-corrected chi connectivity index (χ2v) is 9.01. The number of fused-ring (bicyclic) bond motifs is 2. The SMILES string of the molecule is COc1ccc(C(C)N2C3CCC2CC(NC(=O)c2ccc(Cl)nc2)C3)c(C)c1C. The van der Waals surface area contributed by atoms with E-state index >= 15 is 0 Å². The molecule has 0 radical (unpaired) electrons. The van der Waals surface area contributed by atoms with E-state index in [1.165, 1.54) is 35.7 Å². The van der Waals surface area contributed by atoms with E-state index in [0.29, 0.717) is 28.8 Å². The minimum Gasteiger partial charge on any atom is -0.496 e. The number of hydrogen-bond donors (Lipinski definition) is 1. The lowest BCUT2D eigenvalue weighted by molar-refractivity contribution is 0.0689. The fourth-order valence-electron chi connectivity index (χ4n) is 5.39. The summed E-state index contributed by atoms with van der Waals surface area (Å²) < 4.78 is 5.49. The molecular weight excluding hydrogens is 398 g/mol. The smallest absolute Gasteiger partial charge is 0.253 e. The number of amides is 1. The van der Waals surface area contributed by atoms with Gasteiger partial charge in [0.05, 0.1) is 12.7 Å². The maximum absolute atomic E-state index is 12.6. The average molecular weight is 428 g/mol. The summed E-state index contributed by atoms with van der Waals surface area (Å²) in [5.41, 5.74) is 4.46. The van der Waals surface area contributed by atoms with Gasteiger partial charge in [0, 0.05) is 30.4 Å². The quantitative estimate of drug-likeness (QED) is 0.693. The molecule has 1 amide bonds. The summed E-state index contributed by atoms with van der Waals surface area (Å²) in [6.45, 7) is 6.64. The number of carbonyl (C=O) groups is 1. The molecule has 2 aliphatic rings. The number of nitrogens with one attached hydrogen (secondary N) is 1. The lowest BCUT2D eigenvalue weighted by atomic mass is 9.91. The highest BCUT2D eigenvalue weighted by molar-refractivity contribution is 6.29. The number of pyridine rings is 1. The van der Waals surface area contributed by atoms with Gasteiger partial charge in [-0.05, 0) is 81.3 Å². The first-order valence-electron chi connectivity index (χ1n) is 10.7. The number of carbonyl (C=O) groups excluding carboxylic acids is 1. The Morgan fingerprint density at radius 3 is 2.47 bits per heavy atom. The Labute approximate surface area is 183 Å². The Hall–Kier alpha value is -2.11. The summed E-state index contributed by atoms with van der Waals surface area (Å²) in [5, 5.41) is 3.62. The van der Waals surface area contributed by atoms with Crippen LogP contribution < -0.4 is 10.1 Å². The maximum Gasteiger partial charge on any atom is 0.253 e. The molecule has 3 heterocycles. The van der Waals surface area contributed by atoms with E-state index in [2.05, 4.69) is 48.1 Å². The summed E-state index contributed by atoms with van der Waals surface area (Å²) >= 11 is 5.83. The van der Waals surface area contributed by atoms with Gasteiger partial charge in [-0.1, -0.05) is 17.7 Å². The van der Waals surface area contributed by atoms with Crippen LogP contribution in [-0.4, -0.2) is 41.0 Å². The molecule has 0 spiro atoms. The van der Waals surface area contributed by atoms with E-state index in [9.17, 15) is 4.79 Å². The van der Waals surface area contributed by atoms with Gasteiger partial charge < -0.3 is 10.1 Å². The van der Waals surface area contributed by atoms with Gasteiger partial charge in [-0.3, -0.25) is 9.69 Å². The largest absolute Gasteiger partial charge is 0.496 e. The van der Waals surface area contributed by atoms with Gasteiger partial charge in [0.2, 0.25) is 0 Å². The van der Waals surface area contributed by atoms with Crippen molar-refractivity contribution in [1.82, 2.24) is 15.2 Å². The van der Waals surface area contributed by atoms with Crippen molar-refractivity contribution < 1.29 is 9.53 Å². The number of piperidine rings is 1. The average Bonchev–Trinajstić information content (AvgIpc) is 3.00. The molecule has 2 fully saturated rings. The normalized spacial score (nSPS) is 24.5. The van der Waals surface area contributed by atoms with E-state index in [-0.39, 0.29) is 11.9 Å². The molecule has 6 heteroatoms. The van der Waals surface area contributed by atoms with E-state index in [4.69, 9.17) is 16.3 Å². The minimum atomic E-state index is -0.0633. The topological polar surface area (TPSA) is 54.5 Å². The Morgan fingerprint density at radius 2 is 1.87 bits per heavy atom. The number of halogens is 1. The first-order valence-corrected chi connectivity index (χ1v) is 11.1. The van der Waals surface area contributed by atoms with Crippen molar-refractivity contribution in [3.63, 3.8) is 0 Å². The summed E-state index contributed by atoms with van der Waals surface area (Å²) in [4.78, 5) is 19.3. The molecule has 1 N–H and O–H groups in total. The zero-order valence-electron chi connectivity index (χ0n) is 18.1. The third-order valence-corrected chi connectivity index (χ3v) is 7.23. The first kappa shape index (κ1) is 21.1. The fraction of sp³-hybridized carbons (Fsp3) is 0.500. The van der Waals surface area contributed by atoms with Gasteiger partial charge >= 0.3 is 0 Å². The van der Waals surface area contributed by atoms with Crippen LogP contribution >= 0.6 is 11.6 Å². The fourth-order valence-corrected chi connectivity index (χ4v) is 5.51. The van der Waals surface area contributed by atoms with Crippen LogP contribution in [0.3, 0.4) is 0 Å². The van der Waals surface area contributed by atoms with Crippen LogP contribution in [0.5, 0.6) is 5.75 Å². The number of aromatic nitrogens is 1. The first-order chi connectivity index (χ1) is 14.4. The lowest BCUT2D eigenvalue weighted by Crippen LogP contribution is -2.51. The molecule has 0 aliphatic carbocycles. The molecule has 30 heavy (non-hydrogen) atoms. The van der Waals surface area contributed by atoms with E-state index in [0.717, 1.165) is 18.6 Å². The standard InChI is InChI=1S/C24H30ClN3O2/c1-14-15(2)22(30-4)9-8-21(14)16(3)28-19-6-7-20(28)12-18(11-19)27-24(29)17-5-10-23(25)26-13-17/h5,8-10,13,16,18-20H,6-7,11-12H2,1-4H3,(H,27,29). The summed E-state index contributed by atoms with van der Waals surface area (Å²) in [5.74, 6) is 0.885. The van der Waals surface area contributed by atoms with Gasteiger partial charge in [-0.2, -0.15) is 0 Å². The molecule has 3 atom stereocenters.